The van der Waals surface area contributed by atoms with Gasteiger partial charge in [0.25, 0.3) is 0 Å². The van der Waals surface area contributed by atoms with Crippen LogP contribution >= 0.6 is 15.9 Å². The summed E-state index contributed by atoms with van der Waals surface area (Å²) in [7, 11) is -3.87. The van der Waals surface area contributed by atoms with Crippen LogP contribution in [-0.2, 0) is 14.8 Å². The topological polar surface area (TPSA) is 83.5 Å². The molecule has 112 valence electrons. The lowest BCUT2D eigenvalue weighted by Crippen LogP contribution is -2.40. The Morgan fingerprint density at radius 3 is 2.65 bits per heavy atom. The van der Waals surface area contributed by atoms with E-state index in [0.29, 0.717) is 10.9 Å². The second-order valence-electron chi connectivity index (χ2n) is 4.59. The molecule has 0 heterocycles. The Balaban J connectivity index is 3.03. The number of carbonyl (C=O) groups is 1. The smallest absolute Gasteiger partial charge is 0.321 e. The summed E-state index contributed by atoms with van der Waals surface area (Å²) in [6.45, 7) is 3.70. The van der Waals surface area contributed by atoms with Crippen molar-refractivity contribution in [1.82, 2.24) is 4.72 Å². The molecular weight excluding hydrogens is 346 g/mol. The van der Waals surface area contributed by atoms with Gasteiger partial charge in [-0.2, -0.15) is 4.72 Å². The molecular formula is C13H18BrNO4S. The van der Waals surface area contributed by atoms with Crippen molar-refractivity contribution in [2.24, 2.45) is 0 Å². The molecule has 1 rings (SSSR count). The summed E-state index contributed by atoms with van der Waals surface area (Å²) in [6, 6.07) is 3.80. The number of carboxylic acids is 1. The normalized spacial score (nSPS) is 13.2. The van der Waals surface area contributed by atoms with Gasteiger partial charge in [0.1, 0.15) is 6.04 Å². The second kappa shape index (κ2) is 7.19. The highest BCUT2D eigenvalue weighted by Gasteiger charge is 2.26. The van der Waals surface area contributed by atoms with Crippen molar-refractivity contribution in [3.63, 3.8) is 0 Å². The van der Waals surface area contributed by atoms with Crippen molar-refractivity contribution in [2.45, 2.75) is 44.0 Å². The summed E-state index contributed by atoms with van der Waals surface area (Å²) in [4.78, 5) is 11.2. The van der Waals surface area contributed by atoms with E-state index in [0.717, 1.165) is 12.0 Å². The quantitative estimate of drug-likeness (QED) is 0.779. The molecule has 1 aromatic rings. The standard InChI is InChI=1S/C13H18BrNO4S/c1-3-4-5-11(13(16)17)15-20(18,19)12-8-9(2)6-7-10(12)14/h6-8,11,15H,3-5H2,1-2H3,(H,16,17)/t11-/m0/s1. The lowest BCUT2D eigenvalue weighted by Gasteiger charge is -2.15. The number of unbranched alkanes of at least 4 members (excludes halogenated alkanes) is 1. The molecule has 0 aromatic heterocycles. The molecule has 20 heavy (non-hydrogen) atoms. The number of sulfonamides is 1. The maximum absolute atomic E-state index is 12.3. The molecule has 0 bridgehead atoms. The lowest BCUT2D eigenvalue weighted by atomic mass is 10.1. The summed E-state index contributed by atoms with van der Waals surface area (Å²) >= 11 is 3.18. The van der Waals surface area contributed by atoms with Crippen LogP contribution in [0.5, 0.6) is 0 Å². The number of aryl methyl sites for hydroxylation is 1. The summed E-state index contributed by atoms with van der Waals surface area (Å²) in [6.07, 6.45) is 1.72. The number of halogens is 1. The molecule has 1 aromatic carbocycles. The summed E-state index contributed by atoms with van der Waals surface area (Å²) in [5.41, 5.74) is 0.786. The van der Waals surface area contributed by atoms with Gasteiger partial charge >= 0.3 is 5.97 Å². The summed E-state index contributed by atoms with van der Waals surface area (Å²) in [5.74, 6) is -1.16. The molecule has 0 aliphatic heterocycles. The number of nitrogens with one attached hydrogen (secondary N) is 1. The third-order valence-electron chi connectivity index (χ3n) is 2.82. The SMILES string of the molecule is CCCC[C@H](NS(=O)(=O)c1cc(C)ccc1Br)C(=O)O. The first-order chi connectivity index (χ1) is 9.27. The van der Waals surface area contributed by atoms with Gasteiger partial charge < -0.3 is 5.11 Å². The number of carboxylic acid groups (broad SMARTS) is 1. The monoisotopic (exact) mass is 363 g/mol. The first kappa shape index (κ1) is 17.1. The predicted octanol–water partition coefficient (Wildman–Crippen LogP) is 2.68. The van der Waals surface area contributed by atoms with Gasteiger partial charge in [-0.1, -0.05) is 25.8 Å². The van der Waals surface area contributed by atoms with E-state index in [1.807, 2.05) is 6.92 Å². The van der Waals surface area contributed by atoms with Gasteiger partial charge in [-0.05, 0) is 47.0 Å². The Kier molecular flexibility index (Phi) is 6.16. The van der Waals surface area contributed by atoms with Crippen LogP contribution in [0.4, 0.5) is 0 Å². The van der Waals surface area contributed by atoms with Gasteiger partial charge in [0.15, 0.2) is 0 Å². The van der Waals surface area contributed by atoms with Crippen LogP contribution in [0.2, 0.25) is 0 Å². The molecule has 2 N–H and O–H groups in total. The summed E-state index contributed by atoms with van der Waals surface area (Å²) < 4.78 is 27.2. The van der Waals surface area contributed by atoms with Gasteiger partial charge in [-0.15, -0.1) is 0 Å². The number of hydrogen-bond donors (Lipinski definition) is 2. The van der Waals surface area contributed by atoms with Crippen LogP contribution in [-0.4, -0.2) is 25.5 Å². The molecule has 5 nitrogen and oxygen atoms in total. The highest BCUT2D eigenvalue weighted by molar-refractivity contribution is 9.10. The lowest BCUT2D eigenvalue weighted by molar-refractivity contribution is -0.139. The fourth-order valence-electron chi connectivity index (χ4n) is 1.71. The molecule has 0 saturated heterocycles. The largest absolute Gasteiger partial charge is 0.480 e. The van der Waals surface area contributed by atoms with Crippen LogP contribution in [0.25, 0.3) is 0 Å². The molecule has 0 saturated carbocycles. The first-order valence-electron chi connectivity index (χ1n) is 6.29. The maximum atomic E-state index is 12.3. The van der Waals surface area contributed by atoms with E-state index in [1.54, 1.807) is 19.1 Å². The average Bonchev–Trinajstić information content (AvgIpc) is 2.36. The molecule has 1 atom stereocenters. The summed E-state index contributed by atoms with van der Waals surface area (Å²) in [5, 5.41) is 9.10. The highest BCUT2D eigenvalue weighted by Crippen LogP contribution is 2.23. The van der Waals surface area contributed by atoms with Crippen molar-refractivity contribution in [2.75, 3.05) is 0 Å². The van der Waals surface area contributed by atoms with Crippen molar-refractivity contribution < 1.29 is 18.3 Å². The molecule has 0 spiro atoms. The van der Waals surface area contributed by atoms with E-state index >= 15 is 0 Å². The van der Waals surface area contributed by atoms with Crippen molar-refractivity contribution in [1.29, 1.82) is 0 Å². The Morgan fingerprint density at radius 1 is 1.45 bits per heavy atom. The fourth-order valence-corrected chi connectivity index (χ4v) is 3.98. The number of aliphatic carboxylic acids is 1. The van der Waals surface area contributed by atoms with Crippen molar-refractivity contribution >= 4 is 31.9 Å². The predicted molar refractivity (Wildman–Crippen MR) is 80.1 cm³/mol. The molecule has 0 aliphatic rings. The minimum absolute atomic E-state index is 0.0558. The van der Waals surface area contributed by atoms with E-state index in [9.17, 15) is 13.2 Å². The van der Waals surface area contributed by atoms with Crippen LogP contribution in [0.15, 0.2) is 27.6 Å². The third kappa shape index (κ3) is 4.57. The van der Waals surface area contributed by atoms with Gasteiger partial charge in [0.05, 0.1) is 4.90 Å². The minimum atomic E-state index is -3.87. The number of rotatable bonds is 7. The zero-order valence-electron chi connectivity index (χ0n) is 11.4. The van der Waals surface area contributed by atoms with Gasteiger partial charge in [-0.25, -0.2) is 8.42 Å². The van der Waals surface area contributed by atoms with Gasteiger partial charge in [-0.3, -0.25) is 4.79 Å². The molecule has 7 heteroatoms. The zero-order valence-corrected chi connectivity index (χ0v) is 13.8. The fraction of sp³-hybridized carbons (Fsp3) is 0.462. The Labute approximate surface area is 127 Å². The van der Waals surface area contributed by atoms with Crippen LogP contribution < -0.4 is 4.72 Å². The molecule has 0 aliphatic carbocycles. The van der Waals surface area contributed by atoms with Crippen molar-refractivity contribution in [3.8, 4) is 0 Å². The van der Waals surface area contributed by atoms with Crippen LogP contribution in [0.3, 0.4) is 0 Å². The van der Waals surface area contributed by atoms with E-state index in [2.05, 4.69) is 20.7 Å². The molecule has 0 radical (unpaired) electrons. The van der Waals surface area contributed by atoms with Crippen LogP contribution in [0, 0.1) is 6.92 Å². The maximum Gasteiger partial charge on any atom is 0.321 e. The Morgan fingerprint density at radius 2 is 2.10 bits per heavy atom. The van der Waals surface area contributed by atoms with Gasteiger partial charge in [0.2, 0.25) is 10.0 Å². The Hall–Kier alpha value is -0.920. The average molecular weight is 364 g/mol. The van der Waals surface area contributed by atoms with E-state index < -0.39 is 22.0 Å². The number of hydrogen-bond acceptors (Lipinski definition) is 3. The third-order valence-corrected chi connectivity index (χ3v) is 5.28. The van der Waals surface area contributed by atoms with E-state index in [4.69, 9.17) is 5.11 Å². The first-order valence-corrected chi connectivity index (χ1v) is 8.57. The minimum Gasteiger partial charge on any atom is -0.480 e. The van der Waals surface area contributed by atoms with Crippen molar-refractivity contribution in [3.05, 3.63) is 28.2 Å². The number of benzene rings is 1. The molecule has 0 fully saturated rings. The molecule has 0 unspecified atom stereocenters. The Bertz CT molecular complexity index is 586. The van der Waals surface area contributed by atoms with E-state index in [1.165, 1.54) is 6.07 Å². The zero-order chi connectivity index (χ0) is 15.3. The highest BCUT2D eigenvalue weighted by atomic mass is 79.9. The van der Waals surface area contributed by atoms with E-state index in [-0.39, 0.29) is 11.3 Å². The molecule has 0 amide bonds. The van der Waals surface area contributed by atoms with Gasteiger partial charge in [0, 0.05) is 4.47 Å². The second-order valence-corrected chi connectivity index (χ2v) is 7.12. The van der Waals surface area contributed by atoms with Crippen LogP contribution in [0.1, 0.15) is 31.7 Å².